The van der Waals surface area contributed by atoms with E-state index in [0.29, 0.717) is 29.1 Å². The number of hydrogen-bond donors (Lipinski definition) is 0. The Labute approximate surface area is 186 Å². The van der Waals surface area contributed by atoms with Crippen LogP contribution in [0.4, 0.5) is 5.69 Å². The standard InChI is InChI=1S/C25H22ClN2O3/c1-3-25(4-2,17-29)28(21-8-6-5-7-9-21)24(31)19-14-15-27-22(16-19)23(30)18-10-12-20(26)13-11-18/h5-16H,3-4H2,1-2H3. The smallest absolute Gasteiger partial charge is 0.259 e. The summed E-state index contributed by atoms with van der Waals surface area (Å²) in [5.74, 6) is -0.720. The highest BCUT2D eigenvalue weighted by atomic mass is 35.5. The molecule has 3 rings (SSSR count). The van der Waals surface area contributed by atoms with Gasteiger partial charge in [0.1, 0.15) is 11.2 Å². The zero-order valence-corrected chi connectivity index (χ0v) is 18.1. The van der Waals surface area contributed by atoms with Gasteiger partial charge in [-0.3, -0.25) is 24.3 Å². The van der Waals surface area contributed by atoms with Gasteiger partial charge in [0.2, 0.25) is 12.1 Å². The zero-order chi connectivity index (χ0) is 22.4. The zero-order valence-electron chi connectivity index (χ0n) is 17.3. The average Bonchev–Trinajstić information content (AvgIpc) is 2.83. The highest BCUT2D eigenvalue weighted by Crippen LogP contribution is 2.30. The van der Waals surface area contributed by atoms with Crippen LogP contribution >= 0.6 is 11.6 Å². The quantitative estimate of drug-likeness (QED) is 0.453. The van der Waals surface area contributed by atoms with Gasteiger partial charge >= 0.3 is 0 Å². The summed E-state index contributed by atoms with van der Waals surface area (Å²) < 4.78 is 0. The van der Waals surface area contributed by atoms with E-state index in [0.717, 1.165) is 0 Å². The molecule has 0 aliphatic heterocycles. The molecule has 0 saturated heterocycles. The highest BCUT2D eigenvalue weighted by Gasteiger charge is 2.39. The van der Waals surface area contributed by atoms with E-state index in [1.165, 1.54) is 23.2 Å². The van der Waals surface area contributed by atoms with Crippen LogP contribution in [0.5, 0.6) is 0 Å². The molecule has 1 amide bonds. The summed E-state index contributed by atoms with van der Waals surface area (Å²) in [6, 6.07) is 18.5. The van der Waals surface area contributed by atoms with Gasteiger partial charge in [-0.05, 0) is 61.4 Å². The van der Waals surface area contributed by atoms with E-state index in [2.05, 4.69) is 11.3 Å². The van der Waals surface area contributed by atoms with Crippen molar-refractivity contribution >= 4 is 35.3 Å². The second-order valence-corrected chi connectivity index (χ2v) is 7.52. The minimum absolute atomic E-state index is 0.134. The Morgan fingerprint density at radius 2 is 1.61 bits per heavy atom. The molecule has 0 bridgehead atoms. The van der Waals surface area contributed by atoms with E-state index >= 15 is 0 Å². The van der Waals surface area contributed by atoms with Crippen molar-refractivity contribution in [2.24, 2.45) is 0 Å². The molecule has 1 aromatic heterocycles. The molecule has 0 aliphatic carbocycles. The van der Waals surface area contributed by atoms with Crippen molar-refractivity contribution < 1.29 is 14.4 Å². The molecule has 3 aromatic rings. The van der Waals surface area contributed by atoms with E-state index in [1.807, 2.05) is 19.9 Å². The largest absolute Gasteiger partial charge is 0.295 e. The monoisotopic (exact) mass is 433 g/mol. The molecule has 0 saturated carbocycles. The van der Waals surface area contributed by atoms with Crippen LogP contribution in [-0.2, 0) is 4.79 Å². The van der Waals surface area contributed by atoms with Gasteiger partial charge in [-0.15, -0.1) is 0 Å². The molecule has 0 spiro atoms. The van der Waals surface area contributed by atoms with Crippen LogP contribution in [-0.4, -0.2) is 28.5 Å². The molecule has 0 unspecified atom stereocenters. The molecule has 0 N–H and O–H groups in total. The number of carbonyl (C=O) groups is 2. The molecule has 1 radical (unpaired) electrons. The van der Waals surface area contributed by atoms with E-state index in [1.54, 1.807) is 48.5 Å². The molecule has 31 heavy (non-hydrogen) atoms. The molecular formula is C25H22ClN2O3. The third-order valence-corrected chi connectivity index (χ3v) is 5.60. The number of anilines is 1. The van der Waals surface area contributed by atoms with Crippen molar-refractivity contribution in [2.45, 2.75) is 32.2 Å². The molecule has 0 fully saturated rings. The number of pyridine rings is 1. The fourth-order valence-electron chi connectivity index (χ4n) is 3.46. The van der Waals surface area contributed by atoms with Crippen molar-refractivity contribution in [1.82, 2.24) is 4.98 Å². The van der Waals surface area contributed by atoms with E-state index in [4.69, 9.17) is 11.6 Å². The number of rotatable bonds is 8. The fourth-order valence-corrected chi connectivity index (χ4v) is 3.58. The summed E-state index contributed by atoms with van der Waals surface area (Å²) in [5.41, 5.74) is 0.274. The number of para-hydroxylation sites is 1. The lowest BCUT2D eigenvalue weighted by atomic mass is 9.90. The predicted octanol–water partition coefficient (Wildman–Crippen LogP) is 5.28. The third kappa shape index (κ3) is 4.57. The SMILES string of the molecule is CCC([C]=O)(CC)N(C(=O)c1ccnc(C(=O)c2ccc(Cl)cc2)c1)c1ccccc1. The summed E-state index contributed by atoms with van der Waals surface area (Å²) >= 11 is 5.90. The minimum Gasteiger partial charge on any atom is -0.295 e. The first-order valence-electron chi connectivity index (χ1n) is 10.0. The van der Waals surface area contributed by atoms with Crippen LogP contribution in [0.25, 0.3) is 0 Å². The van der Waals surface area contributed by atoms with Crippen LogP contribution in [0.2, 0.25) is 5.02 Å². The van der Waals surface area contributed by atoms with E-state index in [9.17, 15) is 14.4 Å². The van der Waals surface area contributed by atoms with Gasteiger partial charge < -0.3 is 0 Å². The van der Waals surface area contributed by atoms with Crippen LogP contribution in [0.15, 0.2) is 72.9 Å². The number of hydrogen-bond acceptors (Lipinski definition) is 4. The summed E-state index contributed by atoms with van der Waals surface area (Å²) in [5, 5.41) is 0.521. The van der Waals surface area contributed by atoms with E-state index in [-0.39, 0.29) is 17.0 Å². The summed E-state index contributed by atoms with van der Waals surface area (Å²) in [6.07, 6.45) is 4.31. The Kier molecular flexibility index (Phi) is 6.98. The number of benzene rings is 2. The van der Waals surface area contributed by atoms with Crippen molar-refractivity contribution in [3.05, 3.63) is 94.8 Å². The topological polar surface area (TPSA) is 67.3 Å². The summed E-state index contributed by atoms with van der Waals surface area (Å²) in [4.78, 5) is 44.1. The first kappa shape index (κ1) is 22.4. The van der Waals surface area contributed by atoms with E-state index < -0.39 is 11.4 Å². The van der Waals surface area contributed by atoms with Crippen molar-refractivity contribution in [3.63, 3.8) is 0 Å². The Morgan fingerprint density at radius 1 is 0.968 bits per heavy atom. The molecule has 0 atom stereocenters. The number of carbonyl (C=O) groups excluding carboxylic acids is 3. The maximum absolute atomic E-state index is 13.6. The third-order valence-electron chi connectivity index (χ3n) is 5.35. The first-order valence-corrected chi connectivity index (χ1v) is 10.4. The lowest BCUT2D eigenvalue weighted by Crippen LogP contribution is -2.53. The lowest BCUT2D eigenvalue weighted by molar-refractivity contribution is 0.0964. The van der Waals surface area contributed by atoms with Crippen LogP contribution in [0.1, 0.15) is 53.1 Å². The number of ketones is 1. The molecule has 5 nitrogen and oxygen atoms in total. The summed E-state index contributed by atoms with van der Waals surface area (Å²) in [6.45, 7) is 3.69. The Morgan fingerprint density at radius 3 is 2.19 bits per heavy atom. The maximum atomic E-state index is 13.6. The second-order valence-electron chi connectivity index (χ2n) is 7.08. The average molecular weight is 434 g/mol. The molecule has 157 valence electrons. The summed E-state index contributed by atoms with van der Waals surface area (Å²) in [7, 11) is 0. The number of amides is 1. The van der Waals surface area contributed by atoms with Crippen molar-refractivity contribution in [3.8, 4) is 0 Å². The molecule has 1 heterocycles. The molecule has 2 aromatic carbocycles. The predicted molar refractivity (Wildman–Crippen MR) is 121 cm³/mol. The Balaban J connectivity index is 2.04. The van der Waals surface area contributed by atoms with Gasteiger partial charge in [0.05, 0.1) is 0 Å². The first-order chi connectivity index (χ1) is 15.0. The van der Waals surface area contributed by atoms with Gasteiger partial charge in [0.25, 0.3) is 5.91 Å². The molecule has 6 heteroatoms. The van der Waals surface area contributed by atoms with Crippen LogP contribution in [0.3, 0.4) is 0 Å². The van der Waals surface area contributed by atoms with Crippen LogP contribution in [0, 0.1) is 0 Å². The normalized spacial score (nSPS) is 11.1. The number of aromatic nitrogens is 1. The van der Waals surface area contributed by atoms with Crippen molar-refractivity contribution in [1.29, 1.82) is 0 Å². The van der Waals surface area contributed by atoms with Gasteiger partial charge in [0, 0.05) is 28.0 Å². The molecule has 0 aliphatic rings. The lowest BCUT2D eigenvalue weighted by Gasteiger charge is -2.38. The molecular weight excluding hydrogens is 412 g/mol. The Bertz CT molecular complexity index is 1080. The maximum Gasteiger partial charge on any atom is 0.259 e. The van der Waals surface area contributed by atoms with Crippen LogP contribution < -0.4 is 4.90 Å². The second kappa shape index (κ2) is 9.67. The van der Waals surface area contributed by atoms with Gasteiger partial charge in [-0.1, -0.05) is 43.6 Å². The fraction of sp³-hybridized carbons (Fsp3) is 0.200. The number of halogens is 1. The highest BCUT2D eigenvalue weighted by molar-refractivity contribution is 6.30. The Hall–Kier alpha value is -3.31. The van der Waals surface area contributed by atoms with Crippen molar-refractivity contribution in [2.75, 3.05) is 4.90 Å². The van der Waals surface area contributed by atoms with Gasteiger partial charge in [-0.2, -0.15) is 0 Å². The number of nitrogens with zero attached hydrogens (tertiary/aromatic N) is 2. The van der Waals surface area contributed by atoms with Gasteiger partial charge in [0.15, 0.2) is 0 Å². The van der Waals surface area contributed by atoms with Gasteiger partial charge in [-0.25, -0.2) is 0 Å². The minimum atomic E-state index is -1.12.